The third-order valence-corrected chi connectivity index (χ3v) is 4.86. The van der Waals surface area contributed by atoms with Crippen LogP contribution in [0.3, 0.4) is 0 Å². The first-order valence-electron chi connectivity index (χ1n) is 6.79. The fourth-order valence-electron chi connectivity index (χ4n) is 2.99. The van der Waals surface area contributed by atoms with Crippen LogP contribution in [-0.4, -0.2) is 31.2 Å². The number of hydrogen-bond acceptors (Lipinski definition) is 3. The zero-order valence-electron chi connectivity index (χ0n) is 11.1. The fourth-order valence-corrected chi connectivity index (χ4v) is 3.24. The van der Waals surface area contributed by atoms with Gasteiger partial charge in [-0.05, 0) is 43.9 Å². The van der Waals surface area contributed by atoms with Crippen LogP contribution in [0.5, 0.6) is 0 Å². The van der Waals surface area contributed by atoms with Crippen LogP contribution in [0.1, 0.15) is 39.0 Å². The van der Waals surface area contributed by atoms with Gasteiger partial charge in [-0.3, -0.25) is 4.55 Å². The second-order valence-corrected chi connectivity index (χ2v) is 7.20. The highest BCUT2D eigenvalue weighted by Crippen LogP contribution is 2.39. The quantitative estimate of drug-likeness (QED) is 0.639. The average Bonchev–Trinajstić information content (AvgIpc) is 2.34. The molecular weight excluding hydrogens is 271 g/mol. The van der Waals surface area contributed by atoms with E-state index in [2.05, 4.69) is 13.0 Å². The van der Waals surface area contributed by atoms with Crippen LogP contribution in [0.15, 0.2) is 11.6 Å². The molecule has 4 unspecified atom stereocenters. The van der Waals surface area contributed by atoms with Crippen molar-refractivity contribution in [1.29, 1.82) is 0 Å². The Balaban J connectivity index is 1.87. The number of allylic oxidation sites excluding steroid dienone is 1. The molecule has 0 amide bonds. The highest BCUT2D eigenvalue weighted by Gasteiger charge is 2.30. The van der Waals surface area contributed by atoms with Crippen LogP contribution in [0.25, 0.3) is 0 Å². The van der Waals surface area contributed by atoms with E-state index in [0.29, 0.717) is 11.8 Å². The molecule has 0 spiro atoms. The molecule has 2 aliphatic carbocycles. The molecule has 19 heavy (non-hydrogen) atoms. The Bertz CT molecular complexity index is 446. The smallest absolute Gasteiger partial charge is 0.299 e. The van der Waals surface area contributed by atoms with Crippen molar-refractivity contribution in [3.05, 3.63) is 11.6 Å². The zero-order chi connectivity index (χ0) is 14.0. The monoisotopic (exact) mass is 292 g/mol. The van der Waals surface area contributed by atoms with Gasteiger partial charge in [0, 0.05) is 0 Å². The highest BCUT2D eigenvalue weighted by atomic mass is 32.2. The minimum Gasteiger partial charge on any atom is -0.374 e. The van der Waals surface area contributed by atoms with E-state index < -0.39 is 22.2 Å². The van der Waals surface area contributed by atoms with E-state index in [1.165, 1.54) is 18.4 Å². The lowest BCUT2D eigenvalue weighted by atomic mass is 9.74. The standard InChI is InChI=1S/C13H21FO4S/c1-9-2-3-10-4-5-12(7-11(10)6-9)18-8-13(14)19(15,16)17/h6,9-10,12-13H,2-5,7-8H2,1H3,(H,15,16,17). The van der Waals surface area contributed by atoms with E-state index >= 15 is 0 Å². The van der Waals surface area contributed by atoms with Crippen LogP contribution >= 0.6 is 0 Å². The third-order valence-electron chi connectivity index (χ3n) is 4.08. The summed E-state index contributed by atoms with van der Waals surface area (Å²) in [6.45, 7) is 1.60. The number of rotatable bonds is 4. The van der Waals surface area contributed by atoms with Crippen molar-refractivity contribution in [3.63, 3.8) is 0 Å². The molecule has 1 fully saturated rings. The molecule has 2 aliphatic rings. The first-order valence-corrected chi connectivity index (χ1v) is 8.29. The topological polar surface area (TPSA) is 63.6 Å². The Labute approximate surface area is 113 Å². The van der Waals surface area contributed by atoms with Crippen molar-refractivity contribution in [1.82, 2.24) is 0 Å². The number of ether oxygens (including phenoxy) is 1. The van der Waals surface area contributed by atoms with Gasteiger partial charge in [0.05, 0.1) is 12.7 Å². The van der Waals surface area contributed by atoms with Gasteiger partial charge in [-0.1, -0.05) is 18.6 Å². The summed E-state index contributed by atoms with van der Waals surface area (Å²) in [5, 5.41) is 0. The van der Waals surface area contributed by atoms with Gasteiger partial charge >= 0.3 is 0 Å². The molecule has 2 rings (SSSR count). The molecule has 0 bridgehead atoms. The first-order chi connectivity index (χ1) is 8.86. The Morgan fingerprint density at radius 1 is 1.42 bits per heavy atom. The molecule has 0 aromatic carbocycles. The van der Waals surface area contributed by atoms with Gasteiger partial charge in [-0.15, -0.1) is 0 Å². The highest BCUT2D eigenvalue weighted by molar-refractivity contribution is 7.86. The van der Waals surface area contributed by atoms with Crippen molar-refractivity contribution in [2.45, 2.75) is 50.6 Å². The zero-order valence-corrected chi connectivity index (χ0v) is 11.9. The number of hydrogen-bond donors (Lipinski definition) is 1. The van der Waals surface area contributed by atoms with Gasteiger partial charge in [0.2, 0.25) is 5.50 Å². The predicted octanol–water partition coefficient (Wildman–Crippen LogP) is 2.71. The van der Waals surface area contributed by atoms with Crippen LogP contribution in [0, 0.1) is 11.8 Å². The molecule has 4 nitrogen and oxygen atoms in total. The molecule has 6 heteroatoms. The summed E-state index contributed by atoms with van der Waals surface area (Å²) in [6.07, 6.45) is 7.17. The van der Waals surface area contributed by atoms with E-state index in [-0.39, 0.29) is 6.10 Å². The Kier molecular flexibility index (Phi) is 4.63. The Morgan fingerprint density at radius 3 is 2.79 bits per heavy atom. The van der Waals surface area contributed by atoms with Crippen molar-refractivity contribution in [2.75, 3.05) is 6.61 Å². The lowest BCUT2D eigenvalue weighted by Crippen LogP contribution is -2.30. The third kappa shape index (κ3) is 4.00. The normalized spacial score (nSPS) is 33.4. The minimum absolute atomic E-state index is 0.132. The average molecular weight is 292 g/mol. The van der Waals surface area contributed by atoms with Crippen molar-refractivity contribution in [2.24, 2.45) is 11.8 Å². The predicted molar refractivity (Wildman–Crippen MR) is 70.0 cm³/mol. The molecule has 110 valence electrons. The lowest BCUT2D eigenvalue weighted by Gasteiger charge is -2.35. The molecule has 0 aromatic rings. The van der Waals surface area contributed by atoms with Crippen molar-refractivity contribution >= 4 is 10.1 Å². The van der Waals surface area contributed by atoms with Gasteiger partial charge in [-0.2, -0.15) is 8.42 Å². The van der Waals surface area contributed by atoms with Crippen molar-refractivity contribution in [3.8, 4) is 0 Å². The fraction of sp³-hybridized carbons (Fsp3) is 0.846. The second-order valence-electron chi connectivity index (χ2n) is 5.65. The Morgan fingerprint density at radius 2 is 2.11 bits per heavy atom. The molecule has 0 aromatic heterocycles. The SMILES string of the molecule is CC1C=C2CC(OCC(F)S(=O)(=O)O)CCC2CC1. The van der Waals surface area contributed by atoms with Gasteiger partial charge < -0.3 is 4.74 Å². The maximum absolute atomic E-state index is 13.1. The first kappa shape index (κ1) is 14.9. The molecular formula is C13H21FO4S. The summed E-state index contributed by atoms with van der Waals surface area (Å²) < 4.78 is 48.1. The van der Waals surface area contributed by atoms with E-state index in [4.69, 9.17) is 9.29 Å². The van der Waals surface area contributed by atoms with E-state index in [1.54, 1.807) is 0 Å². The summed E-state index contributed by atoms with van der Waals surface area (Å²) in [7, 11) is -4.64. The summed E-state index contributed by atoms with van der Waals surface area (Å²) in [5.41, 5.74) is -0.971. The lowest BCUT2D eigenvalue weighted by molar-refractivity contribution is 0.0154. The van der Waals surface area contributed by atoms with Gasteiger partial charge in [0.15, 0.2) is 0 Å². The molecule has 0 saturated heterocycles. The van der Waals surface area contributed by atoms with Gasteiger partial charge in [0.25, 0.3) is 10.1 Å². The molecule has 0 radical (unpaired) electrons. The molecule has 1 N–H and O–H groups in total. The Hall–Kier alpha value is -0.460. The van der Waals surface area contributed by atoms with Crippen LogP contribution in [-0.2, 0) is 14.9 Å². The van der Waals surface area contributed by atoms with E-state index in [1.807, 2.05) is 0 Å². The molecule has 1 saturated carbocycles. The van der Waals surface area contributed by atoms with Gasteiger partial charge in [-0.25, -0.2) is 4.39 Å². The van der Waals surface area contributed by atoms with Crippen LogP contribution in [0.2, 0.25) is 0 Å². The van der Waals surface area contributed by atoms with Gasteiger partial charge in [0.1, 0.15) is 0 Å². The number of halogens is 1. The molecule has 4 atom stereocenters. The summed E-state index contributed by atoms with van der Waals surface area (Å²) in [4.78, 5) is 0. The largest absolute Gasteiger partial charge is 0.374 e. The number of fused-ring (bicyclic) bond motifs is 1. The number of alkyl halides is 1. The van der Waals surface area contributed by atoms with Crippen molar-refractivity contribution < 1.29 is 22.1 Å². The summed E-state index contributed by atoms with van der Waals surface area (Å²) >= 11 is 0. The summed E-state index contributed by atoms with van der Waals surface area (Å²) in [5.74, 6) is 1.20. The minimum atomic E-state index is -4.64. The van der Waals surface area contributed by atoms with E-state index in [0.717, 1.165) is 19.3 Å². The second kappa shape index (κ2) is 5.89. The summed E-state index contributed by atoms with van der Waals surface area (Å²) in [6, 6.07) is 0. The molecule has 0 aliphatic heterocycles. The maximum Gasteiger partial charge on any atom is 0.299 e. The van der Waals surface area contributed by atoms with E-state index in [9.17, 15) is 12.8 Å². The molecule has 0 heterocycles. The van der Waals surface area contributed by atoms with Crippen LogP contribution < -0.4 is 0 Å². The maximum atomic E-state index is 13.1. The van der Waals surface area contributed by atoms with Crippen LogP contribution in [0.4, 0.5) is 4.39 Å².